The average molecular weight is 333 g/mol. The van der Waals surface area contributed by atoms with Gasteiger partial charge in [-0.15, -0.1) is 0 Å². The van der Waals surface area contributed by atoms with Gasteiger partial charge in [0.1, 0.15) is 0 Å². The molecule has 25 heavy (non-hydrogen) atoms. The van der Waals surface area contributed by atoms with Gasteiger partial charge >= 0.3 is 0 Å². The minimum Gasteiger partial charge on any atom is -0.399 e. The maximum Gasteiger partial charge on any atom is 0.253 e. The molecule has 0 radical (unpaired) electrons. The Labute approximate surface area is 148 Å². The lowest BCUT2D eigenvalue weighted by molar-refractivity contribution is 0.0940. The van der Waals surface area contributed by atoms with E-state index in [1.807, 2.05) is 50.2 Å². The molecule has 0 saturated heterocycles. The zero-order valence-electron chi connectivity index (χ0n) is 14.8. The average Bonchev–Trinajstić information content (AvgIpc) is 2.60. The van der Waals surface area contributed by atoms with Crippen molar-refractivity contribution in [3.05, 3.63) is 71.8 Å². The Morgan fingerprint density at radius 3 is 2.52 bits per heavy atom. The van der Waals surface area contributed by atoms with Crippen molar-refractivity contribution in [3.8, 4) is 0 Å². The molecule has 0 spiro atoms. The Kier molecular flexibility index (Phi) is 4.61. The van der Waals surface area contributed by atoms with Crippen LogP contribution in [-0.4, -0.2) is 20.0 Å². The van der Waals surface area contributed by atoms with Crippen LogP contribution in [-0.2, 0) is 0 Å². The highest BCUT2D eigenvalue weighted by Gasteiger charge is 2.17. The van der Waals surface area contributed by atoms with E-state index in [4.69, 9.17) is 5.73 Å². The van der Waals surface area contributed by atoms with Gasteiger partial charge in [0, 0.05) is 25.5 Å². The van der Waals surface area contributed by atoms with Crippen molar-refractivity contribution in [2.75, 3.05) is 24.7 Å². The summed E-state index contributed by atoms with van der Waals surface area (Å²) in [4.78, 5) is 14.8. The minimum absolute atomic E-state index is 0.116. The topological polar surface area (TPSA) is 58.4 Å². The van der Waals surface area contributed by atoms with Crippen LogP contribution in [0.3, 0.4) is 0 Å². The number of nitrogen functional groups attached to an aromatic ring is 1. The molecule has 3 aromatic rings. The summed E-state index contributed by atoms with van der Waals surface area (Å²) in [5.41, 5.74) is 8.98. The van der Waals surface area contributed by atoms with Crippen LogP contribution in [0, 0.1) is 0 Å². The molecule has 3 N–H and O–H groups in total. The third-order valence-corrected chi connectivity index (χ3v) is 4.38. The number of carbonyl (C=O) groups is 1. The molecule has 0 aliphatic carbocycles. The molecule has 4 heteroatoms. The van der Waals surface area contributed by atoms with Crippen LogP contribution in [0.2, 0.25) is 0 Å². The van der Waals surface area contributed by atoms with Crippen LogP contribution in [0.15, 0.2) is 60.7 Å². The summed E-state index contributed by atoms with van der Waals surface area (Å²) in [6, 6.07) is 19.6. The lowest BCUT2D eigenvalue weighted by Crippen LogP contribution is -2.28. The summed E-state index contributed by atoms with van der Waals surface area (Å²) >= 11 is 0. The van der Waals surface area contributed by atoms with E-state index in [1.54, 1.807) is 12.1 Å². The highest BCUT2D eigenvalue weighted by Crippen LogP contribution is 2.26. The Morgan fingerprint density at radius 1 is 1.04 bits per heavy atom. The first-order valence-electron chi connectivity index (χ1n) is 8.32. The number of nitrogens with zero attached hydrogens (tertiary/aromatic N) is 1. The van der Waals surface area contributed by atoms with Gasteiger partial charge in [-0.2, -0.15) is 0 Å². The lowest BCUT2D eigenvalue weighted by atomic mass is 9.99. The number of carbonyl (C=O) groups excluding carboxylic acids is 1. The van der Waals surface area contributed by atoms with E-state index in [0.29, 0.717) is 11.3 Å². The molecule has 0 aliphatic heterocycles. The van der Waals surface area contributed by atoms with Gasteiger partial charge in [-0.3, -0.25) is 4.79 Å². The number of nitrogens with one attached hydrogen (secondary N) is 1. The van der Waals surface area contributed by atoms with Gasteiger partial charge in [-0.05, 0) is 41.5 Å². The zero-order valence-corrected chi connectivity index (χ0v) is 14.8. The van der Waals surface area contributed by atoms with E-state index < -0.39 is 0 Å². The molecule has 128 valence electrons. The van der Waals surface area contributed by atoms with Crippen LogP contribution in [0.1, 0.15) is 28.9 Å². The highest BCUT2D eigenvalue weighted by atomic mass is 16.1. The number of amides is 1. The monoisotopic (exact) mass is 333 g/mol. The molecular formula is C21H23N3O. The Morgan fingerprint density at radius 2 is 1.76 bits per heavy atom. The van der Waals surface area contributed by atoms with Crippen molar-refractivity contribution in [1.29, 1.82) is 0 Å². The van der Waals surface area contributed by atoms with Crippen molar-refractivity contribution in [1.82, 2.24) is 5.32 Å². The SMILES string of the molecule is C[C@@H](NC(=O)c1cc(N)ccc1N(C)C)c1cccc2ccccc12. The summed E-state index contributed by atoms with van der Waals surface area (Å²) in [5, 5.41) is 5.42. The van der Waals surface area contributed by atoms with Crippen molar-refractivity contribution >= 4 is 28.1 Å². The predicted molar refractivity (Wildman–Crippen MR) is 105 cm³/mol. The summed E-state index contributed by atoms with van der Waals surface area (Å²) in [6.45, 7) is 2.00. The van der Waals surface area contributed by atoms with E-state index in [0.717, 1.165) is 16.6 Å². The second-order valence-corrected chi connectivity index (χ2v) is 6.43. The van der Waals surface area contributed by atoms with E-state index in [1.165, 1.54) is 5.39 Å². The number of anilines is 2. The number of nitrogens with two attached hydrogens (primary N) is 1. The Hall–Kier alpha value is -3.01. The maximum atomic E-state index is 12.8. The highest BCUT2D eigenvalue weighted by molar-refractivity contribution is 6.01. The third-order valence-electron chi connectivity index (χ3n) is 4.38. The van der Waals surface area contributed by atoms with Crippen LogP contribution in [0.4, 0.5) is 11.4 Å². The lowest BCUT2D eigenvalue weighted by Gasteiger charge is -2.21. The predicted octanol–water partition coefficient (Wildman–Crippen LogP) is 3.98. The molecule has 1 atom stereocenters. The molecule has 0 aliphatic rings. The second kappa shape index (κ2) is 6.85. The standard InChI is InChI=1S/C21H23N3O/c1-14(17-10-6-8-15-7-4-5-9-18(15)17)23-21(25)19-13-16(22)11-12-20(19)24(2)3/h4-14H,22H2,1-3H3,(H,23,25)/t14-/m1/s1. The van der Waals surface area contributed by atoms with Crippen LogP contribution in [0.25, 0.3) is 10.8 Å². The fourth-order valence-electron chi connectivity index (χ4n) is 3.11. The smallest absolute Gasteiger partial charge is 0.253 e. The fraction of sp³-hybridized carbons (Fsp3) is 0.190. The largest absolute Gasteiger partial charge is 0.399 e. The molecule has 0 heterocycles. The third kappa shape index (κ3) is 3.43. The van der Waals surface area contributed by atoms with Crippen LogP contribution >= 0.6 is 0 Å². The quantitative estimate of drug-likeness (QED) is 0.710. The van der Waals surface area contributed by atoms with Gasteiger partial charge in [0.15, 0.2) is 0 Å². The zero-order chi connectivity index (χ0) is 18.0. The molecule has 3 aromatic carbocycles. The van der Waals surface area contributed by atoms with Crippen molar-refractivity contribution < 1.29 is 4.79 Å². The summed E-state index contributed by atoms with van der Waals surface area (Å²) in [6.07, 6.45) is 0. The van der Waals surface area contributed by atoms with Crippen molar-refractivity contribution in [2.45, 2.75) is 13.0 Å². The fourth-order valence-corrected chi connectivity index (χ4v) is 3.11. The molecular weight excluding hydrogens is 310 g/mol. The van der Waals surface area contributed by atoms with E-state index in [2.05, 4.69) is 29.6 Å². The number of benzene rings is 3. The number of fused-ring (bicyclic) bond motifs is 1. The van der Waals surface area contributed by atoms with Gasteiger partial charge in [0.25, 0.3) is 5.91 Å². The normalized spacial score (nSPS) is 12.0. The van der Waals surface area contributed by atoms with E-state index >= 15 is 0 Å². The first kappa shape index (κ1) is 16.8. The van der Waals surface area contributed by atoms with Gasteiger partial charge in [0.05, 0.1) is 11.6 Å². The number of rotatable bonds is 4. The van der Waals surface area contributed by atoms with Crippen LogP contribution < -0.4 is 16.0 Å². The van der Waals surface area contributed by atoms with Crippen molar-refractivity contribution in [2.24, 2.45) is 0 Å². The van der Waals surface area contributed by atoms with Gasteiger partial charge < -0.3 is 16.0 Å². The molecule has 0 unspecified atom stereocenters. The summed E-state index contributed by atoms with van der Waals surface area (Å²) in [5.74, 6) is -0.128. The Bertz CT molecular complexity index is 913. The molecule has 0 bridgehead atoms. The minimum atomic E-state index is -0.128. The van der Waals surface area contributed by atoms with Gasteiger partial charge in [-0.25, -0.2) is 0 Å². The second-order valence-electron chi connectivity index (χ2n) is 6.43. The molecule has 0 aromatic heterocycles. The summed E-state index contributed by atoms with van der Waals surface area (Å²) in [7, 11) is 3.83. The van der Waals surface area contributed by atoms with Crippen molar-refractivity contribution in [3.63, 3.8) is 0 Å². The van der Waals surface area contributed by atoms with Crippen LogP contribution in [0.5, 0.6) is 0 Å². The molecule has 4 nitrogen and oxygen atoms in total. The molecule has 0 fully saturated rings. The van der Waals surface area contributed by atoms with Gasteiger partial charge in [0.2, 0.25) is 0 Å². The molecule has 1 amide bonds. The van der Waals surface area contributed by atoms with E-state index in [9.17, 15) is 4.79 Å². The first-order chi connectivity index (χ1) is 12.0. The molecule has 0 saturated carbocycles. The first-order valence-corrected chi connectivity index (χ1v) is 8.32. The summed E-state index contributed by atoms with van der Waals surface area (Å²) < 4.78 is 0. The number of hydrogen-bond acceptors (Lipinski definition) is 3. The van der Waals surface area contributed by atoms with Gasteiger partial charge in [-0.1, -0.05) is 42.5 Å². The molecule has 3 rings (SSSR count). The Balaban J connectivity index is 1.92. The number of hydrogen-bond donors (Lipinski definition) is 2. The van der Waals surface area contributed by atoms with E-state index in [-0.39, 0.29) is 11.9 Å². The maximum absolute atomic E-state index is 12.8.